The summed E-state index contributed by atoms with van der Waals surface area (Å²) in [4.78, 5) is 0. The summed E-state index contributed by atoms with van der Waals surface area (Å²) in [6.45, 7) is 3.29. The first-order valence-corrected chi connectivity index (χ1v) is 5.45. The predicted molar refractivity (Wildman–Crippen MR) is 51.1 cm³/mol. The smallest absolute Gasteiger partial charge is 0.271 e. The molecule has 0 heterocycles. The maximum atomic E-state index is 10.8. The lowest BCUT2D eigenvalue weighted by molar-refractivity contribution is 0.472. The number of rotatable bonds is 2. The van der Waals surface area contributed by atoms with Crippen LogP contribution in [0.25, 0.3) is 0 Å². The van der Waals surface area contributed by atoms with E-state index in [1.165, 1.54) is 6.92 Å². The molecule has 1 aromatic carbocycles. The minimum atomic E-state index is -3.98. The Morgan fingerprint density at radius 3 is 2.31 bits per heavy atom. The summed E-state index contributed by atoms with van der Waals surface area (Å²) in [5.41, 5.74) is 1.51. The third-order valence-electron chi connectivity index (χ3n) is 2.07. The van der Waals surface area contributed by atoms with Gasteiger partial charge in [-0.3, -0.25) is 4.55 Å². The van der Waals surface area contributed by atoms with Crippen LogP contribution in [0.15, 0.2) is 24.3 Å². The highest BCUT2D eigenvalue weighted by molar-refractivity contribution is 7.86. The Bertz CT molecular complexity index is 395. The first-order chi connectivity index (χ1) is 5.93. The molecule has 3 nitrogen and oxygen atoms in total. The van der Waals surface area contributed by atoms with Crippen molar-refractivity contribution < 1.29 is 13.0 Å². The van der Waals surface area contributed by atoms with Crippen molar-refractivity contribution in [1.82, 2.24) is 0 Å². The van der Waals surface area contributed by atoms with Gasteiger partial charge in [0, 0.05) is 0 Å². The standard InChI is InChI=1S/C9H12O3S/c1-7-5-3-4-6-9(7)8(2)13(10,11)12/h3-6,8H,1-2H3,(H,10,11,12). The van der Waals surface area contributed by atoms with E-state index in [1.54, 1.807) is 12.1 Å². The molecule has 0 radical (unpaired) electrons. The van der Waals surface area contributed by atoms with Crippen molar-refractivity contribution >= 4 is 10.1 Å². The zero-order chi connectivity index (χ0) is 10.1. The molecule has 1 atom stereocenters. The van der Waals surface area contributed by atoms with E-state index in [1.807, 2.05) is 19.1 Å². The Kier molecular flexibility index (Phi) is 2.73. The van der Waals surface area contributed by atoms with E-state index < -0.39 is 15.4 Å². The van der Waals surface area contributed by atoms with E-state index in [9.17, 15) is 8.42 Å². The summed E-state index contributed by atoms with van der Waals surface area (Å²) < 4.78 is 30.5. The van der Waals surface area contributed by atoms with Crippen LogP contribution in [0.1, 0.15) is 23.3 Å². The monoisotopic (exact) mass is 200 g/mol. The van der Waals surface area contributed by atoms with Crippen molar-refractivity contribution in [2.75, 3.05) is 0 Å². The normalized spacial score (nSPS) is 14.1. The van der Waals surface area contributed by atoms with Gasteiger partial charge in [0.25, 0.3) is 10.1 Å². The summed E-state index contributed by atoms with van der Waals surface area (Å²) in [6, 6.07) is 7.10. The number of hydrogen-bond acceptors (Lipinski definition) is 2. The molecule has 4 heteroatoms. The van der Waals surface area contributed by atoms with Gasteiger partial charge in [0.15, 0.2) is 0 Å². The molecule has 1 N–H and O–H groups in total. The van der Waals surface area contributed by atoms with Gasteiger partial charge in [0.1, 0.15) is 5.25 Å². The van der Waals surface area contributed by atoms with E-state index in [0.29, 0.717) is 5.56 Å². The van der Waals surface area contributed by atoms with E-state index in [2.05, 4.69) is 0 Å². The van der Waals surface area contributed by atoms with E-state index in [-0.39, 0.29) is 0 Å². The SMILES string of the molecule is Cc1ccccc1C(C)S(=O)(=O)O. The molecular formula is C9H12O3S. The lowest BCUT2D eigenvalue weighted by Crippen LogP contribution is -2.09. The second kappa shape index (κ2) is 3.47. The maximum Gasteiger partial charge on any atom is 0.271 e. The lowest BCUT2D eigenvalue weighted by Gasteiger charge is -2.10. The Balaban J connectivity index is 3.17. The summed E-state index contributed by atoms with van der Waals surface area (Å²) in [7, 11) is -3.98. The van der Waals surface area contributed by atoms with Crippen LogP contribution >= 0.6 is 0 Å². The number of aryl methyl sites for hydroxylation is 1. The first kappa shape index (κ1) is 10.2. The molecule has 0 aromatic heterocycles. The second-order valence-corrected chi connectivity index (χ2v) is 4.75. The third kappa shape index (κ3) is 2.29. The van der Waals surface area contributed by atoms with Crippen LogP contribution in [0.3, 0.4) is 0 Å². The molecule has 0 fully saturated rings. The topological polar surface area (TPSA) is 54.4 Å². The minimum Gasteiger partial charge on any atom is -0.285 e. The molecule has 1 aromatic rings. The van der Waals surface area contributed by atoms with Crippen molar-refractivity contribution in [2.24, 2.45) is 0 Å². The van der Waals surface area contributed by atoms with Gasteiger partial charge >= 0.3 is 0 Å². The third-order valence-corrected chi connectivity index (χ3v) is 3.22. The van der Waals surface area contributed by atoms with Crippen molar-refractivity contribution in [3.8, 4) is 0 Å². The fourth-order valence-electron chi connectivity index (χ4n) is 1.20. The highest BCUT2D eigenvalue weighted by Crippen LogP contribution is 2.23. The molecule has 0 spiro atoms. The molecule has 72 valence electrons. The van der Waals surface area contributed by atoms with Gasteiger partial charge in [-0.2, -0.15) is 8.42 Å². The fourth-order valence-corrected chi connectivity index (χ4v) is 1.79. The van der Waals surface area contributed by atoms with Gasteiger partial charge in [0.2, 0.25) is 0 Å². The van der Waals surface area contributed by atoms with Crippen molar-refractivity contribution in [3.63, 3.8) is 0 Å². The molecule has 13 heavy (non-hydrogen) atoms. The Labute approximate surface area is 78.2 Å². The van der Waals surface area contributed by atoms with Crippen LogP contribution in [-0.4, -0.2) is 13.0 Å². The summed E-state index contributed by atoms with van der Waals surface area (Å²) in [6.07, 6.45) is 0. The van der Waals surface area contributed by atoms with Gasteiger partial charge in [-0.25, -0.2) is 0 Å². The average molecular weight is 200 g/mol. The van der Waals surface area contributed by atoms with Crippen molar-refractivity contribution in [1.29, 1.82) is 0 Å². The zero-order valence-electron chi connectivity index (χ0n) is 7.56. The average Bonchev–Trinajstić information content (AvgIpc) is 2.02. The van der Waals surface area contributed by atoms with Gasteiger partial charge in [-0.15, -0.1) is 0 Å². The van der Waals surface area contributed by atoms with Crippen molar-refractivity contribution in [3.05, 3.63) is 35.4 Å². The van der Waals surface area contributed by atoms with Crippen LogP contribution in [0.2, 0.25) is 0 Å². The Morgan fingerprint density at radius 1 is 1.31 bits per heavy atom. The molecular weight excluding hydrogens is 188 g/mol. The van der Waals surface area contributed by atoms with Crippen LogP contribution < -0.4 is 0 Å². The largest absolute Gasteiger partial charge is 0.285 e. The quantitative estimate of drug-likeness (QED) is 0.742. The molecule has 1 unspecified atom stereocenters. The molecule has 0 saturated carbocycles. The van der Waals surface area contributed by atoms with E-state index in [4.69, 9.17) is 4.55 Å². The fraction of sp³-hybridized carbons (Fsp3) is 0.333. The maximum absolute atomic E-state index is 10.8. The minimum absolute atomic E-state index is 0.644. The summed E-state index contributed by atoms with van der Waals surface area (Å²) >= 11 is 0. The zero-order valence-corrected chi connectivity index (χ0v) is 8.38. The number of benzene rings is 1. The first-order valence-electron chi connectivity index (χ1n) is 3.94. The van der Waals surface area contributed by atoms with Crippen molar-refractivity contribution in [2.45, 2.75) is 19.1 Å². The molecule has 0 saturated heterocycles. The lowest BCUT2D eigenvalue weighted by atomic mass is 10.1. The van der Waals surface area contributed by atoms with Gasteiger partial charge < -0.3 is 0 Å². The van der Waals surface area contributed by atoms with Crippen LogP contribution in [0.4, 0.5) is 0 Å². The molecule has 0 aliphatic carbocycles. The van der Waals surface area contributed by atoms with Crippen LogP contribution in [0.5, 0.6) is 0 Å². The Hall–Kier alpha value is -0.870. The molecule has 0 bridgehead atoms. The van der Waals surface area contributed by atoms with Crippen LogP contribution in [-0.2, 0) is 10.1 Å². The molecule has 0 aliphatic heterocycles. The number of hydrogen-bond donors (Lipinski definition) is 1. The van der Waals surface area contributed by atoms with Gasteiger partial charge in [-0.1, -0.05) is 24.3 Å². The van der Waals surface area contributed by atoms with E-state index >= 15 is 0 Å². The molecule has 1 rings (SSSR count). The van der Waals surface area contributed by atoms with Gasteiger partial charge in [0.05, 0.1) is 0 Å². The molecule has 0 aliphatic rings. The Morgan fingerprint density at radius 2 is 1.85 bits per heavy atom. The van der Waals surface area contributed by atoms with E-state index in [0.717, 1.165) is 5.56 Å². The van der Waals surface area contributed by atoms with Gasteiger partial charge in [-0.05, 0) is 25.0 Å². The highest BCUT2D eigenvalue weighted by atomic mass is 32.2. The summed E-state index contributed by atoms with van der Waals surface area (Å²) in [5.74, 6) is 0. The highest BCUT2D eigenvalue weighted by Gasteiger charge is 2.20. The second-order valence-electron chi connectivity index (χ2n) is 3.01. The molecule has 0 amide bonds. The van der Waals surface area contributed by atoms with Crippen LogP contribution in [0, 0.1) is 6.92 Å². The predicted octanol–water partition coefficient (Wildman–Crippen LogP) is 1.94. The summed E-state index contributed by atoms with van der Waals surface area (Å²) in [5, 5.41) is -0.853.